The number of rotatable bonds is 9. The quantitative estimate of drug-likeness (QED) is 0.189. The van der Waals surface area contributed by atoms with E-state index < -0.39 is 12.3 Å². The summed E-state index contributed by atoms with van der Waals surface area (Å²) in [4.78, 5) is 23.7. The van der Waals surface area contributed by atoms with Crippen molar-refractivity contribution in [3.8, 4) is 28.7 Å². The summed E-state index contributed by atoms with van der Waals surface area (Å²) in [6.07, 6.45) is -1.07. The van der Waals surface area contributed by atoms with Gasteiger partial charge in [0, 0.05) is 35.2 Å². The number of hydrogen-bond donors (Lipinski definition) is 2. The minimum absolute atomic E-state index is 0.227. The summed E-state index contributed by atoms with van der Waals surface area (Å²) in [7, 11) is 0. The van der Waals surface area contributed by atoms with Crippen molar-refractivity contribution in [2.45, 2.75) is 18.9 Å². The van der Waals surface area contributed by atoms with E-state index in [1.54, 1.807) is 48.5 Å². The molecule has 4 aromatic rings. The monoisotopic (exact) mass is 593 g/mol. The van der Waals surface area contributed by atoms with Gasteiger partial charge in [-0.15, -0.1) is 0 Å². The Morgan fingerprint density at radius 3 is 2.46 bits per heavy atom. The predicted octanol–water partition coefficient (Wildman–Crippen LogP) is 8.07. The van der Waals surface area contributed by atoms with Crippen LogP contribution in [0.2, 0.25) is 10.0 Å². The standard InChI is InChI=1S/C31H25Cl2NO7/c32-21-5-3-6-23(16-21)40-26-7-2-1-4-19(26)12-14-34-30(35)20-8-10-22(11-9-20)39-29-18-28-24(17-25(29)33)27(13-15-38-28)41-31(36)37/h1-11,16-18,27H,12-15H2,(H,34,35)(H,36,37). The van der Waals surface area contributed by atoms with E-state index in [0.717, 1.165) is 5.56 Å². The molecular formula is C31H25Cl2NO7. The molecule has 1 heterocycles. The smallest absolute Gasteiger partial charge is 0.493 e. The first-order chi connectivity index (χ1) is 19.9. The summed E-state index contributed by atoms with van der Waals surface area (Å²) in [6, 6.07) is 24.6. The Morgan fingerprint density at radius 1 is 0.902 bits per heavy atom. The molecule has 1 atom stereocenters. The molecule has 0 saturated carbocycles. The Balaban J connectivity index is 1.18. The third kappa shape index (κ3) is 7.22. The van der Waals surface area contributed by atoms with Crippen molar-refractivity contribution in [3.63, 3.8) is 0 Å². The third-order valence-electron chi connectivity index (χ3n) is 6.31. The number of ether oxygens (including phenoxy) is 4. The van der Waals surface area contributed by atoms with Crippen molar-refractivity contribution >= 4 is 35.3 Å². The van der Waals surface area contributed by atoms with Gasteiger partial charge in [-0.05, 0) is 66.6 Å². The van der Waals surface area contributed by atoms with Crippen molar-refractivity contribution < 1.29 is 33.6 Å². The first kappa shape index (κ1) is 28.1. The SMILES string of the molecule is O=C(O)OC1CCOc2cc(Oc3ccc(C(=O)NCCc4ccccc4Oc4cccc(Cl)c4)cc3)c(Cl)cc21. The van der Waals surface area contributed by atoms with Gasteiger partial charge in [0.15, 0.2) is 0 Å². The molecule has 0 bridgehead atoms. The number of nitrogens with one attached hydrogen (secondary N) is 1. The number of benzene rings is 4. The van der Waals surface area contributed by atoms with Gasteiger partial charge in [0.05, 0.1) is 11.6 Å². The van der Waals surface area contributed by atoms with E-state index in [0.29, 0.717) is 70.9 Å². The van der Waals surface area contributed by atoms with E-state index in [9.17, 15) is 9.59 Å². The van der Waals surface area contributed by atoms with E-state index >= 15 is 0 Å². The maximum absolute atomic E-state index is 12.8. The van der Waals surface area contributed by atoms with Gasteiger partial charge in [-0.3, -0.25) is 4.79 Å². The number of hydrogen-bond acceptors (Lipinski definition) is 6. The summed E-state index contributed by atoms with van der Waals surface area (Å²) in [6.45, 7) is 0.709. The van der Waals surface area contributed by atoms with Gasteiger partial charge in [-0.1, -0.05) is 47.5 Å². The molecule has 0 saturated heterocycles. The lowest BCUT2D eigenvalue weighted by Crippen LogP contribution is -2.25. The highest BCUT2D eigenvalue weighted by Crippen LogP contribution is 2.42. The Morgan fingerprint density at radius 2 is 1.68 bits per heavy atom. The Labute approximate surface area is 246 Å². The lowest BCUT2D eigenvalue weighted by Gasteiger charge is -2.25. The Kier molecular flexibility index (Phi) is 8.82. The minimum atomic E-state index is -1.36. The first-order valence-corrected chi connectivity index (χ1v) is 13.5. The molecule has 0 aromatic heterocycles. The molecule has 10 heteroatoms. The summed E-state index contributed by atoms with van der Waals surface area (Å²) in [5.41, 5.74) is 1.96. The second-order valence-corrected chi connectivity index (χ2v) is 9.97. The van der Waals surface area contributed by atoms with Gasteiger partial charge in [-0.2, -0.15) is 0 Å². The zero-order valence-electron chi connectivity index (χ0n) is 21.6. The van der Waals surface area contributed by atoms with Crippen LogP contribution < -0.4 is 19.5 Å². The molecule has 1 aliphatic heterocycles. The molecule has 0 fully saturated rings. The maximum Gasteiger partial charge on any atom is 0.506 e. The van der Waals surface area contributed by atoms with Crippen LogP contribution in [0.4, 0.5) is 4.79 Å². The van der Waals surface area contributed by atoms with Crippen LogP contribution in [-0.4, -0.2) is 30.3 Å². The van der Waals surface area contributed by atoms with Crippen LogP contribution in [0.3, 0.4) is 0 Å². The second kappa shape index (κ2) is 12.8. The molecule has 5 rings (SSSR count). The molecule has 1 unspecified atom stereocenters. The summed E-state index contributed by atoms with van der Waals surface area (Å²) < 4.78 is 22.5. The Hall–Kier alpha value is -4.40. The molecule has 1 aliphatic rings. The summed E-state index contributed by atoms with van der Waals surface area (Å²) >= 11 is 12.5. The van der Waals surface area contributed by atoms with Gasteiger partial charge in [-0.25, -0.2) is 4.79 Å². The average Bonchev–Trinajstić information content (AvgIpc) is 2.95. The number of carbonyl (C=O) groups is 2. The number of halogens is 2. The summed E-state index contributed by atoms with van der Waals surface area (Å²) in [5.74, 6) is 2.34. The van der Waals surface area contributed by atoms with E-state index in [4.69, 9.17) is 47.3 Å². The molecule has 0 radical (unpaired) electrons. The van der Waals surface area contributed by atoms with Crippen molar-refractivity contribution in [2.75, 3.05) is 13.2 Å². The maximum atomic E-state index is 12.8. The number of carboxylic acid groups (broad SMARTS) is 1. The van der Waals surface area contributed by atoms with Crippen LogP contribution in [-0.2, 0) is 11.2 Å². The predicted molar refractivity (Wildman–Crippen MR) is 154 cm³/mol. The first-order valence-electron chi connectivity index (χ1n) is 12.8. The number of carbonyl (C=O) groups excluding carboxylic acids is 1. The zero-order chi connectivity index (χ0) is 28.8. The largest absolute Gasteiger partial charge is 0.506 e. The van der Waals surface area contributed by atoms with E-state index in [1.807, 2.05) is 36.4 Å². The number of amides is 1. The van der Waals surface area contributed by atoms with E-state index in [1.165, 1.54) is 0 Å². The molecule has 0 aliphatic carbocycles. The number of fused-ring (bicyclic) bond motifs is 1. The van der Waals surface area contributed by atoms with Crippen LogP contribution >= 0.6 is 23.2 Å². The third-order valence-corrected chi connectivity index (χ3v) is 6.84. The highest BCUT2D eigenvalue weighted by atomic mass is 35.5. The second-order valence-electron chi connectivity index (χ2n) is 9.13. The topological polar surface area (TPSA) is 103 Å². The van der Waals surface area contributed by atoms with Gasteiger partial charge in [0.1, 0.15) is 34.9 Å². The van der Waals surface area contributed by atoms with Gasteiger partial charge in [0.25, 0.3) is 5.91 Å². The van der Waals surface area contributed by atoms with Crippen LogP contribution in [0.1, 0.15) is 34.0 Å². The van der Waals surface area contributed by atoms with E-state index in [-0.39, 0.29) is 10.9 Å². The highest BCUT2D eigenvalue weighted by molar-refractivity contribution is 6.32. The van der Waals surface area contributed by atoms with Crippen molar-refractivity contribution in [3.05, 3.63) is 112 Å². The van der Waals surface area contributed by atoms with Gasteiger partial charge in [0.2, 0.25) is 0 Å². The molecule has 4 aromatic carbocycles. The Bertz CT molecular complexity index is 1560. The van der Waals surface area contributed by atoms with E-state index in [2.05, 4.69) is 5.32 Å². The van der Waals surface area contributed by atoms with Crippen LogP contribution in [0.15, 0.2) is 84.9 Å². The molecule has 8 nitrogen and oxygen atoms in total. The minimum Gasteiger partial charge on any atom is -0.493 e. The molecular weight excluding hydrogens is 569 g/mol. The fraction of sp³-hybridized carbons (Fsp3) is 0.161. The highest BCUT2D eigenvalue weighted by Gasteiger charge is 2.27. The molecule has 2 N–H and O–H groups in total. The van der Waals surface area contributed by atoms with Crippen molar-refractivity contribution in [2.24, 2.45) is 0 Å². The van der Waals surface area contributed by atoms with Crippen LogP contribution in [0.5, 0.6) is 28.7 Å². The molecule has 1 amide bonds. The lowest BCUT2D eigenvalue weighted by atomic mass is 10.0. The lowest BCUT2D eigenvalue weighted by molar-refractivity contribution is 0.0326. The number of para-hydroxylation sites is 1. The molecule has 0 spiro atoms. The van der Waals surface area contributed by atoms with Gasteiger partial charge >= 0.3 is 6.16 Å². The zero-order valence-corrected chi connectivity index (χ0v) is 23.2. The fourth-order valence-electron chi connectivity index (χ4n) is 4.36. The van der Waals surface area contributed by atoms with Gasteiger partial charge < -0.3 is 29.4 Å². The molecule has 41 heavy (non-hydrogen) atoms. The molecule has 210 valence electrons. The average molecular weight is 594 g/mol. The summed E-state index contributed by atoms with van der Waals surface area (Å²) in [5, 5.41) is 12.8. The fourth-order valence-corrected chi connectivity index (χ4v) is 4.75. The van der Waals surface area contributed by atoms with Crippen LogP contribution in [0.25, 0.3) is 0 Å². The van der Waals surface area contributed by atoms with Crippen molar-refractivity contribution in [1.29, 1.82) is 0 Å². The van der Waals surface area contributed by atoms with Crippen LogP contribution in [0, 0.1) is 0 Å². The van der Waals surface area contributed by atoms with Crippen molar-refractivity contribution in [1.82, 2.24) is 5.32 Å². The normalized spacial score (nSPS) is 13.9.